The van der Waals surface area contributed by atoms with Gasteiger partial charge in [-0.1, -0.05) is 26.0 Å². The number of benzene rings is 2. The highest BCUT2D eigenvalue weighted by atomic mass is 32.1. The average molecular weight is 466 g/mol. The van der Waals surface area contributed by atoms with Crippen molar-refractivity contribution in [3.05, 3.63) is 69.0 Å². The molecule has 0 fully saturated rings. The molecule has 1 amide bonds. The van der Waals surface area contributed by atoms with E-state index in [0.717, 1.165) is 11.0 Å². The third kappa shape index (κ3) is 4.74. The van der Waals surface area contributed by atoms with Crippen LogP contribution in [0.4, 0.5) is 0 Å². The van der Waals surface area contributed by atoms with Gasteiger partial charge in [0.2, 0.25) is 0 Å². The number of hydrogen-bond donors (Lipinski definition) is 3. The summed E-state index contributed by atoms with van der Waals surface area (Å²) in [4.78, 5) is 37.0. The molecule has 1 atom stereocenters. The summed E-state index contributed by atoms with van der Waals surface area (Å²) in [6.07, 6.45) is 0.679. The van der Waals surface area contributed by atoms with Crippen molar-refractivity contribution in [3.63, 3.8) is 0 Å². The molecular formula is C24H27N5O3S. The molecule has 172 valence electrons. The Morgan fingerprint density at radius 1 is 1.18 bits per heavy atom. The lowest BCUT2D eigenvalue weighted by molar-refractivity contribution is 0.0923. The van der Waals surface area contributed by atoms with Gasteiger partial charge in [0.25, 0.3) is 11.5 Å². The molecule has 0 bridgehead atoms. The molecule has 33 heavy (non-hydrogen) atoms. The third-order valence-corrected chi connectivity index (χ3v) is 5.95. The second-order valence-corrected chi connectivity index (χ2v) is 8.71. The zero-order valence-electron chi connectivity index (χ0n) is 18.8. The Hall–Kier alpha value is -3.30. The highest BCUT2D eigenvalue weighted by Crippen LogP contribution is 2.23. The van der Waals surface area contributed by atoms with Gasteiger partial charge in [-0.05, 0) is 54.9 Å². The summed E-state index contributed by atoms with van der Waals surface area (Å²) < 4.78 is 6.90. The topological polar surface area (TPSA) is 105 Å². The smallest absolute Gasteiger partial charge is 0.262 e. The van der Waals surface area contributed by atoms with E-state index in [2.05, 4.69) is 20.3 Å². The van der Waals surface area contributed by atoms with Crippen molar-refractivity contribution in [2.75, 3.05) is 13.7 Å². The number of H-pyrrole nitrogens is 2. The molecule has 0 saturated heterocycles. The van der Waals surface area contributed by atoms with Gasteiger partial charge in [-0.3, -0.25) is 14.2 Å². The summed E-state index contributed by atoms with van der Waals surface area (Å²) in [7, 11) is 1.62. The third-order valence-electron chi connectivity index (χ3n) is 5.63. The summed E-state index contributed by atoms with van der Waals surface area (Å²) in [5.74, 6) is 0.568. The number of nitrogens with one attached hydrogen (secondary N) is 3. The molecule has 0 radical (unpaired) electrons. The highest BCUT2D eigenvalue weighted by Gasteiger charge is 2.23. The second-order valence-electron chi connectivity index (χ2n) is 8.33. The molecule has 0 aliphatic carbocycles. The van der Waals surface area contributed by atoms with Gasteiger partial charge in [-0.15, -0.1) is 0 Å². The van der Waals surface area contributed by atoms with E-state index in [1.165, 1.54) is 4.57 Å². The van der Waals surface area contributed by atoms with Crippen LogP contribution in [0.15, 0.2) is 47.3 Å². The predicted octanol–water partition coefficient (Wildman–Crippen LogP) is 4.10. The first-order valence-electron chi connectivity index (χ1n) is 10.9. The number of para-hydroxylation sites is 2. The quantitative estimate of drug-likeness (QED) is 0.268. The molecule has 0 spiro atoms. The molecule has 0 aliphatic heterocycles. The van der Waals surface area contributed by atoms with Gasteiger partial charge in [-0.2, -0.15) is 0 Å². The number of methoxy groups -OCH3 is 1. The van der Waals surface area contributed by atoms with Crippen molar-refractivity contribution < 1.29 is 9.53 Å². The van der Waals surface area contributed by atoms with Gasteiger partial charge in [0, 0.05) is 25.8 Å². The SMILES string of the molecule is COCCCn1c(=S)[nH]c2cc(C(=O)NC(c3nc4ccccc4[nH]3)C(C)C)ccc2c1=O. The first-order chi connectivity index (χ1) is 15.9. The zero-order valence-corrected chi connectivity index (χ0v) is 19.7. The number of amides is 1. The molecule has 2 heterocycles. The van der Waals surface area contributed by atoms with Gasteiger partial charge in [0.05, 0.1) is 28.0 Å². The Balaban J connectivity index is 1.62. The van der Waals surface area contributed by atoms with Crippen LogP contribution >= 0.6 is 12.2 Å². The van der Waals surface area contributed by atoms with Crippen LogP contribution in [0, 0.1) is 10.7 Å². The maximum atomic E-state index is 13.1. The van der Waals surface area contributed by atoms with E-state index >= 15 is 0 Å². The summed E-state index contributed by atoms with van der Waals surface area (Å²) in [6.45, 7) is 5.07. The number of hydrogen-bond acceptors (Lipinski definition) is 5. The van der Waals surface area contributed by atoms with Crippen LogP contribution in [0.5, 0.6) is 0 Å². The lowest BCUT2D eigenvalue weighted by Gasteiger charge is -2.20. The summed E-state index contributed by atoms with van der Waals surface area (Å²) in [6, 6.07) is 12.4. The van der Waals surface area contributed by atoms with E-state index in [0.29, 0.717) is 46.6 Å². The Kier molecular flexibility index (Phi) is 6.71. The summed E-state index contributed by atoms with van der Waals surface area (Å²) in [5, 5.41) is 3.56. The number of fused-ring (bicyclic) bond motifs is 2. The molecule has 4 aromatic rings. The molecule has 9 heteroatoms. The van der Waals surface area contributed by atoms with Gasteiger partial charge < -0.3 is 20.0 Å². The van der Waals surface area contributed by atoms with E-state index in [-0.39, 0.29) is 23.4 Å². The number of carbonyl (C=O) groups excluding carboxylic acids is 1. The minimum Gasteiger partial charge on any atom is -0.385 e. The first kappa shape index (κ1) is 22.9. The Morgan fingerprint density at radius 2 is 1.97 bits per heavy atom. The van der Waals surface area contributed by atoms with Crippen LogP contribution in [0.2, 0.25) is 0 Å². The molecule has 0 aliphatic rings. The van der Waals surface area contributed by atoms with Crippen molar-refractivity contribution in [3.8, 4) is 0 Å². The standard InChI is InChI=1S/C24H27N5O3S/c1-14(2)20(21-25-17-7-4-5-8-18(17)26-21)28-22(30)15-9-10-16-19(13-15)27-24(33)29(23(16)31)11-6-12-32-3/h4-5,7-10,13-14,20H,6,11-12H2,1-3H3,(H,25,26)(H,27,33)(H,28,30). The number of nitrogens with zero attached hydrogens (tertiary/aromatic N) is 2. The van der Waals surface area contributed by atoms with Crippen LogP contribution in [-0.2, 0) is 11.3 Å². The highest BCUT2D eigenvalue weighted by molar-refractivity contribution is 7.71. The molecule has 3 N–H and O–H groups in total. The number of aromatic amines is 2. The number of rotatable bonds is 8. The molecule has 0 saturated carbocycles. The minimum absolute atomic E-state index is 0.111. The lowest BCUT2D eigenvalue weighted by atomic mass is 10.0. The molecule has 2 aromatic carbocycles. The Bertz CT molecular complexity index is 1390. The maximum absolute atomic E-state index is 13.1. The van der Waals surface area contributed by atoms with E-state index in [1.807, 2.05) is 38.1 Å². The molecule has 8 nitrogen and oxygen atoms in total. The summed E-state index contributed by atoms with van der Waals surface area (Å²) >= 11 is 5.38. The largest absolute Gasteiger partial charge is 0.385 e. The fraction of sp³-hybridized carbons (Fsp3) is 0.333. The van der Waals surface area contributed by atoms with Crippen LogP contribution in [-0.4, -0.2) is 39.1 Å². The van der Waals surface area contributed by atoms with E-state index in [1.54, 1.807) is 25.3 Å². The van der Waals surface area contributed by atoms with Crippen LogP contribution in [0.3, 0.4) is 0 Å². The molecule has 2 aromatic heterocycles. The van der Waals surface area contributed by atoms with Crippen molar-refractivity contribution in [2.45, 2.75) is 32.9 Å². The fourth-order valence-corrected chi connectivity index (χ4v) is 4.15. The predicted molar refractivity (Wildman–Crippen MR) is 131 cm³/mol. The zero-order chi connectivity index (χ0) is 23.5. The molecule has 4 rings (SSSR count). The number of ether oxygens (including phenoxy) is 1. The lowest BCUT2D eigenvalue weighted by Crippen LogP contribution is -2.32. The van der Waals surface area contributed by atoms with Gasteiger partial charge >= 0.3 is 0 Å². The van der Waals surface area contributed by atoms with Gasteiger partial charge in [-0.25, -0.2) is 4.98 Å². The Labute approximate surface area is 196 Å². The van der Waals surface area contributed by atoms with E-state index in [9.17, 15) is 9.59 Å². The van der Waals surface area contributed by atoms with Gasteiger partial charge in [0.15, 0.2) is 4.77 Å². The van der Waals surface area contributed by atoms with E-state index in [4.69, 9.17) is 17.0 Å². The first-order valence-corrected chi connectivity index (χ1v) is 11.3. The normalized spacial score (nSPS) is 12.5. The van der Waals surface area contributed by atoms with Crippen molar-refractivity contribution in [1.29, 1.82) is 0 Å². The van der Waals surface area contributed by atoms with Crippen molar-refractivity contribution >= 4 is 40.1 Å². The molecule has 1 unspecified atom stereocenters. The van der Waals surface area contributed by atoms with Crippen molar-refractivity contribution in [1.82, 2.24) is 24.8 Å². The number of aromatic nitrogens is 4. The average Bonchev–Trinajstić information content (AvgIpc) is 3.22. The van der Waals surface area contributed by atoms with Crippen LogP contribution in [0.25, 0.3) is 21.9 Å². The fourth-order valence-electron chi connectivity index (χ4n) is 3.86. The maximum Gasteiger partial charge on any atom is 0.262 e. The van der Waals surface area contributed by atoms with Crippen LogP contribution < -0.4 is 10.9 Å². The minimum atomic E-state index is -0.298. The Morgan fingerprint density at radius 3 is 2.70 bits per heavy atom. The summed E-state index contributed by atoms with van der Waals surface area (Å²) in [5.41, 5.74) is 2.57. The number of imidazole rings is 1. The van der Waals surface area contributed by atoms with Crippen molar-refractivity contribution in [2.24, 2.45) is 5.92 Å². The van der Waals surface area contributed by atoms with E-state index < -0.39 is 0 Å². The monoisotopic (exact) mass is 465 g/mol. The van der Waals surface area contributed by atoms with Crippen LogP contribution in [0.1, 0.15) is 42.5 Å². The molecular weight excluding hydrogens is 438 g/mol. The second kappa shape index (κ2) is 9.68. The van der Waals surface area contributed by atoms with Gasteiger partial charge in [0.1, 0.15) is 5.82 Å². The number of carbonyl (C=O) groups is 1.